The van der Waals surface area contributed by atoms with Crippen LogP contribution in [-0.2, 0) is 9.09 Å². The molecule has 0 aromatic rings. The summed E-state index contributed by atoms with van der Waals surface area (Å²) < 4.78 is 15.9. The molecule has 1 atom stereocenters. The van der Waals surface area contributed by atoms with Crippen LogP contribution >= 0.6 is 7.82 Å². The molecule has 0 radical (unpaired) electrons. The standard InChI is InChI=1S/C17H36NO4P/c1-5-6-7-8-9-10-11-12-13-14-15-18(3,4)17(2)16-22-23(19,20)21/h16-17H,5-15H2,1-4H3/p+2. The molecule has 0 rings (SSSR count). The van der Waals surface area contributed by atoms with Crippen LogP contribution in [0.15, 0.2) is 0 Å². The van der Waals surface area contributed by atoms with Gasteiger partial charge in [-0.15, -0.1) is 0 Å². The molecular weight excluding hydrogens is 313 g/mol. The summed E-state index contributed by atoms with van der Waals surface area (Å²) in [6, 6.07) is -0.0545. The predicted octanol–water partition coefficient (Wildman–Crippen LogP) is 4.64. The fourth-order valence-corrected chi connectivity index (χ4v) is 2.88. The van der Waals surface area contributed by atoms with Gasteiger partial charge < -0.3 is 9.79 Å². The van der Waals surface area contributed by atoms with Crippen LogP contribution in [0.1, 0.15) is 78.1 Å². The van der Waals surface area contributed by atoms with Crippen LogP contribution in [0.3, 0.4) is 0 Å². The summed E-state index contributed by atoms with van der Waals surface area (Å²) in [5.74, 6) is 0. The minimum atomic E-state index is -4.41. The molecular formula is C17H38NO4P+2. The number of nitrogens with zero attached hydrogens (tertiary/aromatic N) is 1. The second-order valence-corrected chi connectivity index (χ2v) is 8.35. The molecule has 6 heteroatoms. The normalized spacial score (nSPS) is 14.0. The van der Waals surface area contributed by atoms with Crippen molar-refractivity contribution in [2.24, 2.45) is 0 Å². The zero-order valence-electron chi connectivity index (χ0n) is 15.5. The van der Waals surface area contributed by atoms with Crippen molar-refractivity contribution in [2.45, 2.75) is 84.1 Å². The number of phosphoric ester groups is 1. The number of likely N-dealkylation sites (N-methyl/N-ethyl adjacent to an activating group) is 1. The zero-order chi connectivity index (χ0) is 17.8. The lowest BCUT2D eigenvalue weighted by Gasteiger charge is -2.30. The van der Waals surface area contributed by atoms with Gasteiger partial charge in [-0.05, 0) is 12.8 Å². The third-order valence-corrected chi connectivity index (χ3v) is 4.98. The maximum absolute atomic E-state index is 10.7. The van der Waals surface area contributed by atoms with Crippen molar-refractivity contribution in [1.82, 2.24) is 0 Å². The van der Waals surface area contributed by atoms with E-state index < -0.39 is 7.82 Å². The van der Waals surface area contributed by atoms with Gasteiger partial charge in [0.1, 0.15) is 0 Å². The van der Waals surface area contributed by atoms with Crippen molar-refractivity contribution in [3.8, 4) is 0 Å². The highest BCUT2D eigenvalue weighted by Crippen LogP contribution is 2.37. The third-order valence-electron chi connectivity index (χ3n) is 4.59. The van der Waals surface area contributed by atoms with E-state index in [4.69, 9.17) is 9.79 Å². The predicted molar refractivity (Wildman–Crippen MR) is 95.7 cm³/mol. The molecule has 0 saturated heterocycles. The highest BCUT2D eigenvalue weighted by atomic mass is 31.2. The second-order valence-electron chi connectivity index (χ2n) is 7.16. The molecule has 0 spiro atoms. The first-order valence-corrected chi connectivity index (χ1v) is 10.6. The summed E-state index contributed by atoms with van der Waals surface area (Å²) in [7, 11) is -0.275. The van der Waals surface area contributed by atoms with Crippen LogP contribution in [0.5, 0.6) is 0 Å². The average molecular weight is 351 g/mol. The molecule has 0 aliphatic rings. The van der Waals surface area contributed by atoms with E-state index in [0.29, 0.717) is 4.48 Å². The molecule has 0 aliphatic heterocycles. The summed E-state index contributed by atoms with van der Waals surface area (Å²) in [5, 5.41) is 0. The monoisotopic (exact) mass is 351 g/mol. The molecule has 0 amide bonds. The lowest BCUT2D eigenvalue weighted by atomic mass is 10.1. The van der Waals surface area contributed by atoms with Crippen molar-refractivity contribution in [2.75, 3.05) is 20.6 Å². The maximum atomic E-state index is 10.7. The first-order chi connectivity index (χ1) is 10.7. The molecule has 0 bridgehead atoms. The van der Waals surface area contributed by atoms with Gasteiger partial charge in [-0.25, -0.2) is 4.57 Å². The topological polar surface area (TPSA) is 66.8 Å². The van der Waals surface area contributed by atoms with Crippen LogP contribution in [0.25, 0.3) is 0 Å². The van der Waals surface area contributed by atoms with Gasteiger partial charge in [-0.3, -0.25) is 4.48 Å². The van der Waals surface area contributed by atoms with E-state index in [1.54, 1.807) is 0 Å². The largest absolute Gasteiger partial charge is 0.509 e. The van der Waals surface area contributed by atoms with Gasteiger partial charge in [0.05, 0.1) is 20.6 Å². The minimum Gasteiger partial charge on any atom is -0.300 e. The lowest BCUT2D eigenvalue weighted by Crippen LogP contribution is -2.48. The lowest BCUT2D eigenvalue weighted by molar-refractivity contribution is -0.910. The van der Waals surface area contributed by atoms with Gasteiger partial charge in [-0.1, -0.05) is 62.8 Å². The van der Waals surface area contributed by atoms with Gasteiger partial charge in [0, 0.05) is 6.92 Å². The van der Waals surface area contributed by atoms with Crippen LogP contribution in [0, 0.1) is 6.61 Å². The molecule has 5 nitrogen and oxygen atoms in total. The zero-order valence-corrected chi connectivity index (χ0v) is 16.4. The maximum Gasteiger partial charge on any atom is 0.509 e. The third kappa shape index (κ3) is 14.0. The SMILES string of the molecule is CCCCCCCCCCCC[N+](C)(C)C(C)[CH+]OP(=O)(O)O. The van der Waals surface area contributed by atoms with Crippen LogP contribution in [-0.4, -0.2) is 41.0 Å². The van der Waals surface area contributed by atoms with Crippen molar-refractivity contribution in [1.29, 1.82) is 0 Å². The smallest absolute Gasteiger partial charge is 0.300 e. The van der Waals surface area contributed by atoms with Crippen LogP contribution in [0.2, 0.25) is 0 Å². The fourth-order valence-electron chi connectivity index (χ4n) is 2.54. The fraction of sp³-hybridized carbons (Fsp3) is 0.941. The molecule has 1 unspecified atom stereocenters. The quantitative estimate of drug-likeness (QED) is 0.195. The molecule has 2 N–H and O–H groups in total. The van der Waals surface area contributed by atoms with E-state index in [-0.39, 0.29) is 6.04 Å². The van der Waals surface area contributed by atoms with Gasteiger partial charge in [0.25, 0.3) is 6.04 Å². The van der Waals surface area contributed by atoms with Gasteiger partial charge in [-0.2, -0.15) is 0 Å². The van der Waals surface area contributed by atoms with Crippen molar-refractivity contribution in [3.05, 3.63) is 6.61 Å². The molecule has 0 heterocycles. The highest BCUT2D eigenvalue weighted by Gasteiger charge is 2.35. The van der Waals surface area contributed by atoms with Crippen molar-refractivity contribution < 1.29 is 23.4 Å². The highest BCUT2D eigenvalue weighted by molar-refractivity contribution is 7.46. The Kier molecular flexibility index (Phi) is 12.3. The van der Waals surface area contributed by atoms with E-state index in [0.717, 1.165) is 13.0 Å². The van der Waals surface area contributed by atoms with E-state index in [1.165, 1.54) is 64.4 Å². The number of quaternary nitrogens is 1. The summed E-state index contributed by atoms with van der Waals surface area (Å²) >= 11 is 0. The van der Waals surface area contributed by atoms with Gasteiger partial charge in [0.2, 0.25) is 0 Å². The van der Waals surface area contributed by atoms with E-state index in [9.17, 15) is 4.57 Å². The van der Waals surface area contributed by atoms with Crippen molar-refractivity contribution in [3.63, 3.8) is 0 Å². The first kappa shape index (κ1) is 22.9. The minimum absolute atomic E-state index is 0.0545. The number of hydrogen-bond donors (Lipinski definition) is 2. The Bertz CT molecular complexity index is 331. The molecule has 138 valence electrons. The molecule has 23 heavy (non-hydrogen) atoms. The van der Waals surface area contributed by atoms with Crippen LogP contribution < -0.4 is 0 Å². The van der Waals surface area contributed by atoms with E-state index >= 15 is 0 Å². The van der Waals surface area contributed by atoms with Crippen molar-refractivity contribution >= 4 is 7.82 Å². The Hall–Kier alpha value is -0.0600. The molecule has 0 aliphatic carbocycles. The summed E-state index contributed by atoms with van der Waals surface area (Å²) in [6.07, 6.45) is 13.1. The second kappa shape index (κ2) is 12.3. The number of unbranched alkanes of at least 4 members (excludes halogenated alkanes) is 9. The molecule has 0 fully saturated rings. The van der Waals surface area contributed by atoms with E-state index in [1.807, 2.05) is 6.92 Å². The summed E-state index contributed by atoms with van der Waals surface area (Å²) in [6.45, 7) is 6.43. The van der Waals surface area contributed by atoms with E-state index in [2.05, 4.69) is 25.5 Å². The Morgan fingerprint density at radius 3 is 1.83 bits per heavy atom. The Labute approximate surface area is 143 Å². The van der Waals surface area contributed by atoms with Crippen LogP contribution in [0.4, 0.5) is 0 Å². The number of rotatable bonds is 15. The molecule has 0 saturated carbocycles. The number of phosphoric acid groups is 1. The Morgan fingerprint density at radius 1 is 0.957 bits per heavy atom. The summed E-state index contributed by atoms with van der Waals surface area (Å²) in [5.41, 5.74) is 0. The van der Waals surface area contributed by atoms with Gasteiger partial charge in [0.15, 0.2) is 0 Å². The first-order valence-electron chi connectivity index (χ1n) is 9.09. The molecule has 0 aromatic carbocycles. The number of hydrogen-bond acceptors (Lipinski definition) is 2. The van der Waals surface area contributed by atoms with Gasteiger partial charge >= 0.3 is 14.4 Å². The Morgan fingerprint density at radius 2 is 1.39 bits per heavy atom. The summed E-state index contributed by atoms with van der Waals surface area (Å²) in [4.78, 5) is 17.5. The molecule has 0 aromatic heterocycles. The average Bonchev–Trinajstić information content (AvgIpc) is 2.45. The Balaban J connectivity index is 3.63.